The van der Waals surface area contributed by atoms with E-state index in [1.807, 2.05) is 0 Å². The molecule has 2 aromatic carbocycles. The zero-order valence-electron chi connectivity index (χ0n) is 23.2. The third-order valence-electron chi connectivity index (χ3n) is 7.00. The van der Waals surface area contributed by atoms with Gasteiger partial charge in [0.1, 0.15) is 11.6 Å². The van der Waals surface area contributed by atoms with Crippen LogP contribution in [0.15, 0.2) is 59.8 Å². The Kier molecular flexibility index (Phi) is 10.5. The second kappa shape index (κ2) is 13.6. The highest BCUT2D eigenvalue weighted by Crippen LogP contribution is 2.36. The first-order valence-corrected chi connectivity index (χ1v) is 15.9. The van der Waals surface area contributed by atoms with Crippen molar-refractivity contribution < 1.29 is 32.6 Å². The average molecular weight is 704 g/mol. The van der Waals surface area contributed by atoms with E-state index in [2.05, 4.69) is 15.6 Å². The number of aromatic nitrogens is 1. The third kappa shape index (κ3) is 7.28. The first-order valence-electron chi connectivity index (χ1n) is 12.9. The van der Waals surface area contributed by atoms with Crippen LogP contribution in [0, 0.1) is 0 Å². The van der Waals surface area contributed by atoms with Gasteiger partial charge in [-0.1, -0.05) is 58.5 Å². The smallest absolute Gasteiger partial charge is 0.328 e. The highest BCUT2D eigenvalue weighted by molar-refractivity contribution is 7.89. The lowest BCUT2D eigenvalue weighted by molar-refractivity contribution is -0.146. The predicted octanol–water partition coefficient (Wildman–Crippen LogP) is 4.36. The van der Waals surface area contributed by atoms with Gasteiger partial charge in [-0.2, -0.15) is 4.31 Å². The van der Waals surface area contributed by atoms with Crippen LogP contribution in [-0.2, 0) is 30.8 Å². The molecule has 0 bridgehead atoms. The number of methoxy groups -OCH3 is 1. The predicted molar refractivity (Wildman–Crippen MR) is 166 cm³/mol. The Morgan fingerprint density at radius 3 is 2.23 bits per heavy atom. The van der Waals surface area contributed by atoms with Gasteiger partial charge in [0.25, 0.3) is 5.91 Å². The van der Waals surface area contributed by atoms with Crippen LogP contribution in [0.5, 0.6) is 0 Å². The molecule has 2 heterocycles. The number of carbonyl (C=O) groups is 3. The number of carbonyl (C=O) groups excluding carboxylic acids is 3. The number of nitrogens with one attached hydrogen (secondary N) is 2. The number of aliphatic hydroxyl groups is 1. The van der Waals surface area contributed by atoms with Gasteiger partial charge >= 0.3 is 5.97 Å². The molecule has 3 N–H and O–H groups in total. The number of pyridine rings is 1. The Bertz CT molecular complexity index is 1670. The molecule has 1 unspecified atom stereocenters. The van der Waals surface area contributed by atoms with Gasteiger partial charge in [0.2, 0.25) is 15.9 Å². The summed E-state index contributed by atoms with van der Waals surface area (Å²) >= 11 is 24.1. The molecular formula is C28H26Cl4N4O7S. The van der Waals surface area contributed by atoms with E-state index >= 15 is 0 Å². The van der Waals surface area contributed by atoms with Gasteiger partial charge in [-0.25, -0.2) is 13.2 Å². The van der Waals surface area contributed by atoms with Crippen LogP contribution in [0.25, 0.3) is 0 Å². The summed E-state index contributed by atoms with van der Waals surface area (Å²) in [5, 5.41) is 16.0. The Labute approximate surface area is 273 Å². The van der Waals surface area contributed by atoms with Gasteiger partial charge in [-0.05, 0) is 42.8 Å². The van der Waals surface area contributed by atoms with Gasteiger partial charge in [0.15, 0.2) is 0 Å². The Morgan fingerprint density at radius 1 is 1.07 bits per heavy atom. The van der Waals surface area contributed by atoms with Gasteiger partial charge in [0, 0.05) is 47.5 Å². The van der Waals surface area contributed by atoms with Crippen LogP contribution in [0.4, 0.5) is 5.69 Å². The number of β-amino-alcohol motifs (C(OH)–C–C–N with tert-alkyl or cyclic N) is 1. The Morgan fingerprint density at radius 2 is 1.66 bits per heavy atom. The summed E-state index contributed by atoms with van der Waals surface area (Å²) in [5.41, 5.74) is -0.742. The first kappa shape index (κ1) is 33.9. The molecule has 16 heteroatoms. The molecule has 11 nitrogen and oxygen atoms in total. The first-order chi connectivity index (χ1) is 20.6. The molecule has 2 amide bonds. The molecule has 0 radical (unpaired) electrons. The number of sulfonamides is 1. The quantitative estimate of drug-likeness (QED) is 0.278. The fourth-order valence-electron chi connectivity index (χ4n) is 4.82. The van der Waals surface area contributed by atoms with E-state index in [1.165, 1.54) is 37.5 Å². The van der Waals surface area contributed by atoms with Crippen molar-refractivity contribution in [1.82, 2.24) is 14.6 Å². The SMILES string of the molecule is COC(=O)[C@H](Cc1ccc(NC(=O)c2c(Cl)cncc2Cl)cc1)NC(=O)C1(C)C[C@@H](O)CN1S(=O)(=O)c1cc(Cl)cc(Cl)c1. The normalized spacial score (nSPS) is 19.3. The number of rotatable bonds is 9. The second-order valence-electron chi connectivity index (χ2n) is 10.2. The molecule has 1 fully saturated rings. The monoisotopic (exact) mass is 702 g/mol. The van der Waals surface area contributed by atoms with Gasteiger partial charge in [-0.15, -0.1) is 0 Å². The largest absolute Gasteiger partial charge is 0.467 e. The van der Waals surface area contributed by atoms with Crippen molar-refractivity contribution in [2.24, 2.45) is 0 Å². The zero-order chi connectivity index (χ0) is 32.4. The molecule has 1 aliphatic rings. The molecule has 0 saturated carbocycles. The number of anilines is 1. The number of amides is 2. The molecular weight excluding hydrogens is 678 g/mol. The van der Waals surface area contributed by atoms with E-state index in [0.29, 0.717) is 11.3 Å². The number of hydrogen-bond acceptors (Lipinski definition) is 8. The van der Waals surface area contributed by atoms with E-state index < -0.39 is 45.5 Å². The minimum Gasteiger partial charge on any atom is -0.467 e. The highest BCUT2D eigenvalue weighted by Gasteiger charge is 2.53. The lowest BCUT2D eigenvalue weighted by atomic mass is 9.97. The highest BCUT2D eigenvalue weighted by atomic mass is 35.5. The van der Waals surface area contributed by atoms with Crippen molar-refractivity contribution in [2.75, 3.05) is 19.0 Å². The summed E-state index contributed by atoms with van der Waals surface area (Å²) in [5.74, 6) is -2.16. The van der Waals surface area contributed by atoms with Crippen molar-refractivity contribution in [3.05, 3.63) is 86.1 Å². The molecule has 1 saturated heterocycles. The summed E-state index contributed by atoms with van der Waals surface area (Å²) in [6.45, 7) is 0.984. The Hall–Kier alpha value is -2.97. The second-order valence-corrected chi connectivity index (χ2v) is 13.7. The molecule has 1 aliphatic heterocycles. The zero-order valence-corrected chi connectivity index (χ0v) is 27.0. The van der Waals surface area contributed by atoms with Crippen LogP contribution in [0.3, 0.4) is 0 Å². The lowest BCUT2D eigenvalue weighted by Gasteiger charge is -2.33. The molecule has 3 atom stereocenters. The number of ether oxygens (including phenoxy) is 1. The van der Waals surface area contributed by atoms with Crippen LogP contribution < -0.4 is 10.6 Å². The summed E-state index contributed by atoms with van der Waals surface area (Å²) in [7, 11) is -3.21. The van der Waals surface area contributed by atoms with Crippen molar-refractivity contribution in [2.45, 2.75) is 42.3 Å². The van der Waals surface area contributed by atoms with E-state index in [0.717, 1.165) is 11.4 Å². The van der Waals surface area contributed by atoms with Crippen LogP contribution >= 0.6 is 46.4 Å². The minimum absolute atomic E-state index is 0.0378. The minimum atomic E-state index is -4.36. The third-order valence-corrected chi connectivity index (χ3v) is 9.97. The fourth-order valence-corrected chi connectivity index (χ4v) is 7.88. The number of hydrogen-bond donors (Lipinski definition) is 3. The van der Waals surface area contributed by atoms with Gasteiger partial charge in [-0.3, -0.25) is 14.6 Å². The summed E-state index contributed by atoms with van der Waals surface area (Å²) in [6, 6.07) is 8.91. The van der Waals surface area contributed by atoms with Crippen molar-refractivity contribution in [3.63, 3.8) is 0 Å². The molecule has 1 aromatic heterocycles. The number of benzene rings is 2. The van der Waals surface area contributed by atoms with E-state index in [9.17, 15) is 27.9 Å². The standard InChI is InChI=1S/C28H26Cl4N4O7S/c1-28(11-19(37)14-36(28)44(41,42)20-9-16(29)8-17(30)10-20)27(40)35-23(26(39)43-2)7-15-3-5-18(6-4-15)34-25(38)24-21(31)12-33-13-22(24)32/h3-6,8-10,12-13,19,23,37H,7,11,14H2,1-2H3,(H,34,38)(H,35,40)/t19-,23+,28?/m1/s1. The molecule has 0 spiro atoms. The Balaban J connectivity index is 1.52. The van der Waals surface area contributed by atoms with Gasteiger partial charge < -0.3 is 20.5 Å². The summed E-state index contributed by atoms with van der Waals surface area (Å²) < 4.78 is 32.9. The summed E-state index contributed by atoms with van der Waals surface area (Å²) in [6.07, 6.45) is 1.15. The van der Waals surface area contributed by atoms with E-state index in [4.69, 9.17) is 51.1 Å². The number of nitrogens with zero attached hydrogens (tertiary/aromatic N) is 2. The maximum Gasteiger partial charge on any atom is 0.328 e. The fraction of sp³-hybridized carbons (Fsp3) is 0.286. The maximum absolute atomic E-state index is 13.7. The molecule has 3 aromatic rings. The number of esters is 1. The number of halogens is 4. The summed E-state index contributed by atoms with van der Waals surface area (Å²) in [4.78, 5) is 42.6. The number of aliphatic hydroxyl groups excluding tert-OH is 1. The van der Waals surface area contributed by atoms with E-state index in [-0.39, 0.29) is 49.9 Å². The van der Waals surface area contributed by atoms with Crippen LogP contribution in [0.1, 0.15) is 29.3 Å². The molecule has 4 rings (SSSR count). The molecule has 0 aliphatic carbocycles. The van der Waals surface area contributed by atoms with Crippen LogP contribution in [0.2, 0.25) is 20.1 Å². The van der Waals surface area contributed by atoms with Crippen molar-refractivity contribution in [1.29, 1.82) is 0 Å². The topological polar surface area (TPSA) is 155 Å². The van der Waals surface area contributed by atoms with Crippen molar-refractivity contribution in [3.8, 4) is 0 Å². The average Bonchev–Trinajstić information content (AvgIpc) is 3.28. The lowest BCUT2D eigenvalue weighted by Crippen LogP contribution is -2.58. The van der Waals surface area contributed by atoms with Gasteiger partial charge in [0.05, 0.1) is 33.7 Å². The van der Waals surface area contributed by atoms with Crippen molar-refractivity contribution >= 4 is 79.9 Å². The maximum atomic E-state index is 13.7. The van der Waals surface area contributed by atoms with Crippen LogP contribution in [-0.4, -0.2) is 71.9 Å². The molecule has 234 valence electrons. The molecule has 44 heavy (non-hydrogen) atoms. The van der Waals surface area contributed by atoms with E-state index in [1.54, 1.807) is 24.3 Å².